The molecule has 160 valence electrons. The lowest BCUT2D eigenvalue weighted by atomic mass is 10.0. The molecule has 30 heavy (non-hydrogen) atoms. The number of nitrogens with zero attached hydrogens (tertiary/aromatic N) is 4. The Morgan fingerprint density at radius 2 is 1.93 bits per heavy atom. The number of alkyl halides is 3. The van der Waals surface area contributed by atoms with Crippen LogP contribution < -0.4 is 5.43 Å². The first kappa shape index (κ1) is 21.7. The van der Waals surface area contributed by atoms with Crippen molar-refractivity contribution in [2.45, 2.75) is 33.4 Å². The Kier molecular flexibility index (Phi) is 6.35. The van der Waals surface area contributed by atoms with Gasteiger partial charge in [0.2, 0.25) is 0 Å². The molecule has 0 saturated carbocycles. The van der Waals surface area contributed by atoms with E-state index in [4.69, 9.17) is 0 Å². The van der Waals surface area contributed by atoms with E-state index in [9.17, 15) is 18.0 Å². The predicted molar refractivity (Wildman–Crippen MR) is 107 cm³/mol. The third kappa shape index (κ3) is 4.43. The van der Waals surface area contributed by atoms with Crippen LogP contribution in [0.4, 0.5) is 13.2 Å². The summed E-state index contributed by atoms with van der Waals surface area (Å²) in [7, 11) is 0. The highest BCUT2D eigenvalue weighted by Gasteiger charge is 2.38. The highest BCUT2D eigenvalue weighted by molar-refractivity contribution is 6.32. The smallest absolute Gasteiger partial charge is 0.358 e. The Labute approximate surface area is 172 Å². The Hall–Kier alpha value is -3.01. The first-order valence-electron chi connectivity index (χ1n) is 9.63. The number of amides is 1. The molecule has 1 aliphatic rings. The number of H-pyrrole nitrogens is 1. The summed E-state index contributed by atoms with van der Waals surface area (Å²) < 4.78 is 42.0. The van der Waals surface area contributed by atoms with Gasteiger partial charge in [-0.15, -0.1) is 0 Å². The first-order valence-corrected chi connectivity index (χ1v) is 9.63. The number of carbonyl (C=O) groups excluding carboxylic acids is 1. The number of rotatable bonds is 7. The van der Waals surface area contributed by atoms with E-state index < -0.39 is 17.6 Å². The van der Waals surface area contributed by atoms with Gasteiger partial charge in [0.15, 0.2) is 0 Å². The van der Waals surface area contributed by atoms with Gasteiger partial charge in [-0.3, -0.25) is 14.8 Å². The minimum atomic E-state index is -4.57. The van der Waals surface area contributed by atoms with Gasteiger partial charge in [0, 0.05) is 24.6 Å². The summed E-state index contributed by atoms with van der Waals surface area (Å²) in [5.41, 5.74) is 2.44. The summed E-state index contributed by atoms with van der Waals surface area (Å²) >= 11 is 0. The maximum atomic E-state index is 14.0. The fraction of sp³-hybridized carbons (Fsp3) is 0.400. The second-order valence-electron chi connectivity index (χ2n) is 6.84. The van der Waals surface area contributed by atoms with E-state index in [0.29, 0.717) is 17.9 Å². The topological polar surface area (TPSA) is 86.3 Å². The molecule has 0 fully saturated rings. The van der Waals surface area contributed by atoms with Crippen LogP contribution in [0.5, 0.6) is 0 Å². The Bertz CT molecular complexity index is 974. The molecular weight excluding hydrogens is 397 g/mol. The molecule has 0 radical (unpaired) electrons. The van der Waals surface area contributed by atoms with Crippen molar-refractivity contribution in [3.8, 4) is 0 Å². The standard InChI is InChI=1S/C20H23F3N6O/c1-4-29(5-2)9-6-13-12(3)26-15(17(13)20(21,22)23)10-14-18(27-28-19(14)30)16-11-24-7-8-25-16/h7-8,10-11,26H,4-6,9H2,1-3H3,(H,28,30)/b14-10+. The van der Waals surface area contributed by atoms with Gasteiger partial charge in [0.05, 0.1) is 23.0 Å². The third-order valence-electron chi connectivity index (χ3n) is 5.07. The average Bonchev–Trinajstić information content (AvgIpc) is 3.23. The molecule has 3 heterocycles. The molecule has 0 aliphatic carbocycles. The second-order valence-corrected chi connectivity index (χ2v) is 6.84. The lowest BCUT2D eigenvalue weighted by molar-refractivity contribution is -0.138. The third-order valence-corrected chi connectivity index (χ3v) is 5.07. The average molecular weight is 420 g/mol. The number of likely N-dealkylation sites (N-methyl/N-ethyl adjacent to an activating group) is 1. The summed E-state index contributed by atoms with van der Waals surface area (Å²) in [6.45, 7) is 7.59. The van der Waals surface area contributed by atoms with Crippen LogP contribution in [-0.4, -0.2) is 51.1 Å². The maximum Gasteiger partial charge on any atom is 0.418 e. The summed E-state index contributed by atoms with van der Waals surface area (Å²) in [5.74, 6) is -0.597. The van der Waals surface area contributed by atoms with Crippen molar-refractivity contribution in [3.63, 3.8) is 0 Å². The van der Waals surface area contributed by atoms with Gasteiger partial charge >= 0.3 is 6.18 Å². The van der Waals surface area contributed by atoms with Crippen molar-refractivity contribution < 1.29 is 18.0 Å². The zero-order valence-electron chi connectivity index (χ0n) is 17.0. The van der Waals surface area contributed by atoms with Crippen molar-refractivity contribution in [1.29, 1.82) is 0 Å². The number of aromatic nitrogens is 3. The van der Waals surface area contributed by atoms with E-state index in [1.165, 1.54) is 24.7 Å². The van der Waals surface area contributed by atoms with Crippen LogP contribution in [0.15, 0.2) is 29.3 Å². The largest absolute Gasteiger partial charge is 0.418 e. The summed E-state index contributed by atoms with van der Waals surface area (Å²) in [6.07, 6.45) is 1.13. The van der Waals surface area contributed by atoms with E-state index in [1.54, 1.807) is 6.92 Å². The Morgan fingerprint density at radius 3 is 2.53 bits per heavy atom. The van der Waals surface area contributed by atoms with Gasteiger partial charge in [-0.05, 0) is 38.1 Å². The maximum absolute atomic E-state index is 14.0. The van der Waals surface area contributed by atoms with Gasteiger partial charge in [0.1, 0.15) is 11.4 Å². The zero-order chi connectivity index (χ0) is 21.9. The highest BCUT2D eigenvalue weighted by atomic mass is 19.4. The van der Waals surface area contributed by atoms with E-state index in [-0.39, 0.29) is 29.0 Å². The number of hydrogen-bond donors (Lipinski definition) is 2. The van der Waals surface area contributed by atoms with Crippen molar-refractivity contribution in [3.05, 3.63) is 52.4 Å². The first-order chi connectivity index (χ1) is 14.3. The summed E-state index contributed by atoms with van der Waals surface area (Å²) in [5, 5.41) is 3.91. The van der Waals surface area contributed by atoms with Crippen molar-refractivity contribution >= 4 is 17.7 Å². The molecule has 0 atom stereocenters. The number of halogens is 3. The fourth-order valence-corrected chi connectivity index (χ4v) is 3.47. The molecule has 3 rings (SSSR count). The van der Waals surface area contributed by atoms with E-state index in [2.05, 4.69) is 30.4 Å². The van der Waals surface area contributed by atoms with E-state index in [0.717, 1.165) is 13.1 Å². The van der Waals surface area contributed by atoms with Crippen LogP contribution in [-0.2, 0) is 17.4 Å². The van der Waals surface area contributed by atoms with Gasteiger partial charge in [-0.25, -0.2) is 5.43 Å². The zero-order valence-corrected chi connectivity index (χ0v) is 17.0. The van der Waals surface area contributed by atoms with Crippen molar-refractivity contribution in [2.24, 2.45) is 5.10 Å². The minimum Gasteiger partial charge on any atom is -0.358 e. The summed E-state index contributed by atoms with van der Waals surface area (Å²) in [4.78, 5) is 25.2. The van der Waals surface area contributed by atoms with Gasteiger partial charge < -0.3 is 9.88 Å². The van der Waals surface area contributed by atoms with Crippen LogP contribution in [0.3, 0.4) is 0 Å². The van der Waals surface area contributed by atoms with Crippen molar-refractivity contribution in [2.75, 3.05) is 19.6 Å². The van der Waals surface area contributed by atoms with Crippen LogP contribution in [0, 0.1) is 6.92 Å². The monoisotopic (exact) mass is 420 g/mol. The highest BCUT2D eigenvalue weighted by Crippen LogP contribution is 2.38. The molecule has 0 aromatic carbocycles. The predicted octanol–water partition coefficient (Wildman–Crippen LogP) is 2.93. The number of aryl methyl sites for hydroxylation is 1. The normalized spacial score (nSPS) is 15.8. The van der Waals surface area contributed by atoms with E-state index in [1.807, 2.05) is 13.8 Å². The lowest BCUT2D eigenvalue weighted by Gasteiger charge is -2.19. The van der Waals surface area contributed by atoms with Crippen molar-refractivity contribution in [1.82, 2.24) is 25.3 Å². The lowest BCUT2D eigenvalue weighted by Crippen LogP contribution is -2.26. The van der Waals surface area contributed by atoms with E-state index >= 15 is 0 Å². The van der Waals surface area contributed by atoms with Gasteiger partial charge in [-0.2, -0.15) is 18.3 Å². The molecule has 1 amide bonds. The molecule has 0 bridgehead atoms. The Morgan fingerprint density at radius 1 is 1.20 bits per heavy atom. The number of aromatic amines is 1. The summed E-state index contributed by atoms with van der Waals surface area (Å²) in [6, 6.07) is 0. The Balaban J connectivity index is 2.04. The molecule has 10 heteroatoms. The second kappa shape index (κ2) is 8.78. The molecule has 0 spiro atoms. The van der Waals surface area contributed by atoms with Crippen LogP contribution in [0.25, 0.3) is 6.08 Å². The van der Waals surface area contributed by atoms with Crippen LogP contribution in [0.1, 0.15) is 42.1 Å². The number of carbonyl (C=O) groups is 1. The number of nitrogens with one attached hydrogen (secondary N) is 2. The molecule has 2 aromatic rings. The fourth-order valence-electron chi connectivity index (χ4n) is 3.47. The van der Waals surface area contributed by atoms with Crippen LogP contribution >= 0.6 is 0 Å². The molecule has 1 aliphatic heterocycles. The molecule has 0 saturated heterocycles. The molecule has 7 nitrogen and oxygen atoms in total. The number of hydrazone groups is 1. The molecule has 0 unspecified atom stereocenters. The van der Waals surface area contributed by atoms with Gasteiger partial charge in [0.25, 0.3) is 5.91 Å². The minimum absolute atomic E-state index is 0.00228. The molecule has 2 aromatic heterocycles. The SMILES string of the molecule is CCN(CC)CCc1c(C)[nH]c(/C=C2/C(=O)NN=C2c2cnccn2)c1C(F)(F)F. The number of hydrogen-bond acceptors (Lipinski definition) is 5. The van der Waals surface area contributed by atoms with Gasteiger partial charge in [-0.1, -0.05) is 13.8 Å². The molecular formula is C20H23F3N6O. The quantitative estimate of drug-likeness (QED) is 0.675. The molecule has 2 N–H and O–H groups in total. The van der Waals surface area contributed by atoms with Crippen LogP contribution in [0.2, 0.25) is 0 Å².